The first-order chi connectivity index (χ1) is 11.1. The Kier molecular flexibility index (Phi) is 4.29. The topological polar surface area (TPSA) is 17.1 Å². The van der Waals surface area contributed by atoms with Crippen LogP contribution in [0.2, 0.25) is 0 Å². The summed E-state index contributed by atoms with van der Waals surface area (Å²) in [6, 6.07) is 22.6. The molecule has 0 heterocycles. The van der Waals surface area contributed by atoms with E-state index in [1.165, 1.54) is 16.3 Å². The molecule has 1 nitrogen and oxygen atoms in total. The van der Waals surface area contributed by atoms with E-state index >= 15 is 0 Å². The normalized spacial score (nSPS) is 13.7. The van der Waals surface area contributed by atoms with Crippen molar-refractivity contribution in [3.8, 4) is 0 Å². The summed E-state index contributed by atoms with van der Waals surface area (Å²) in [4.78, 5) is 12.9. The second-order valence-corrected chi connectivity index (χ2v) is 6.32. The van der Waals surface area contributed by atoms with Gasteiger partial charge in [0.05, 0.1) is 0 Å². The highest BCUT2D eigenvalue weighted by Gasteiger charge is 2.24. The van der Waals surface area contributed by atoms with Gasteiger partial charge in [-0.25, -0.2) is 0 Å². The van der Waals surface area contributed by atoms with Gasteiger partial charge in [-0.3, -0.25) is 4.79 Å². The van der Waals surface area contributed by atoms with Gasteiger partial charge < -0.3 is 0 Å². The van der Waals surface area contributed by atoms with Gasteiger partial charge in [-0.1, -0.05) is 80.6 Å². The Balaban J connectivity index is 1.97. The van der Waals surface area contributed by atoms with Crippen LogP contribution >= 0.6 is 0 Å². The number of carbonyl (C=O) groups excluding carboxylic acids is 1. The zero-order valence-electron chi connectivity index (χ0n) is 13.9. The Morgan fingerprint density at radius 3 is 2.26 bits per heavy atom. The average Bonchev–Trinajstić information content (AvgIpc) is 2.60. The van der Waals surface area contributed by atoms with Crippen molar-refractivity contribution in [2.24, 2.45) is 5.92 Å². The Hall–Kier alpha value is -2.41. The lowest BCUT2D eigenvalue weighted by molar-refractivity contribution is 0.0915. The maximum Gasteiger partial charge on any atom is 0.166 e. The van der Waals surface area contributed by atoms with Gasteiger partial charge in [0.1, 0.15) is 0 Å². The third-order valence-corrected chi connectivity index (χ3v) is 4.89. The zero-order valence-corrected chi connectivity index (χ0v) is 13.9. The van der Waals surface area contributed by atoms with Crippen LogP contribution in [0.5, 0.6) is 0 Å². The van der Waals surface area contributed by atoms with Crippen LogP contribution in [0.15, 0.2) is 66.7 Å². The second kappa shape index (κ2) is 6.37. The molecule has 0 aromatic heterocycles. The Morgan fingerprint density at radius 2 is 1.48 bits per heavy atom. The highest BCUT2D eigenvalue weighted by Crippen LogP contribution is 2.32. The molecule has 0 spiro atoms. The highest BCUT2D eigenvalue weighted by atomic mass is 16.1. The van der Waals surface area contributed by atoms with E-state index in [1.807, 2.05) is 38.1 Å². The molecule has 0 aliphatic heterocycles. The van der Waals surface area contributed by atoms with Crippen molar-refractivity contribution >= 4 is 16.6 Å². The van der Waals surface area contributed by atoms with Crippen molar-refractivity contribution < 1.29 is 4.79 Å². The van der Waals surface area contributed by atoms with E-state index in [0.29, 0.717) is 0 Å². The van der Waals surface area contributed by atoms with Crippen LogP contribution in [0.25, 0.3) is 10.8 Å². The van der Waals surface area contributed by atoms with Gasteiger partial charge in [-0.05, 0) is 34.7 Å². The van der Waals surface area contributed by atoms with Crippen LogP contribution < -0.4 is 0 Å². The Labute approximate surface area is 138 Å². The molecule has 3 aromatic carbocycles. The summed E-state index contributed by atoms with van der Waals surface area (Å²) in [5.74, 6) is 0.346. The summed E-state index contributed by atoms with van der Waals surface area (Å²) in [6.45, 7) is 6.20. The molecule has 0 amide bonds. The van der Waals surface area contributed by atoms with Gasteiger partial charge >= 0.3 is 0 Å². The van der Waals surface area contributed by atoms with Crippen LogP contribution in [0, 0.1) is 12.8 Å². The number of rotatable bonds is 4. The molecule has 1 unspecified atom stereocenters. The fourth-order valence-electron chi connectivity index (χ4n) is 3.24. The van der Waals surface area contributed by atoms with Crippen LogP contribution in [0.4, 0.5) is 0 Å². The number of hydrogen-bond donors (Lipinski definition) is 0. The molecule has 2 atom stereocenters. The standard InChI is InChI=1S/C22H22O/c1-15-9-4-6-12-19(15)22(23)17(3)16(2)20-14-8-11-18-10-5-7-13-21(18)20/h4-14,16-17H,1-3H3/t16?,17-/m0/s1. The van der Waals surface area contributed by atoms with E-state index < -0.39 is 0 Å². The molecule has 0 bridgehead atoms. The van der Waals surface area contributed by atoms with E-state index in [2.05, 4.69) is 49.4 Å². The summed E-state index contributed by atoms with van der Waals surface area (Å²) in [5, 5.41) is 2.47. The van der Waals surface area contributed by atoms with Crippen molar-refractivity contribution in [3.05, 3.63) is 83.4 Å². The molecule has 3 rings (SSSR count). The predicted molar refractivity (Wildman–Crippen MR) is 97.0 cm³/mol. The van der Waals surface area contributed by atoms with E-state index in [0.717, 1.165) is 11.1 Å². The maximum atomic E-state index is 12.9. The largest absolute Gasteiger partial charge is 0.294 e. The molecule has 116 valence electrons. The summed E-state index contributed by atoms with van der Waals surface area (Å²) in [6.07, 6.45) is 0. The lowest BCUT2D eigenvalue weighted by Gasteiger charge is -2.21. The second-order valence-electron chi connectivity index (χ2n) is 6.32. The molecule has 23 heavy (non-hydrogen) atoms. The van der Waals surface area contributed by atoms with E-state index in [9.17, 15) is 4.79 Å². The van der Waals surface area contributed by atoms with Gasteiger partial charge in [0.2, 0.25) is 0 Å². The molecule has 0 aliphatic carbocycles. The Morgan fingerprint density at radius 1 is 0.826 bits per heavy atom. The van der Waals surface area contributed by atoms with Crippen LogP contribution in [-0.2, 0) is 0 Å². The molecule has 0 aliphatic rings. The number of benzene rings is 3. The van der Waals surface area contributed by atoms with Gasteiger partial charge in [0.15, 0.2) is 5.78 Å². The summed E-state index contributed by atoms with van der Waals surface area (Å²) in [7, 11) is 0. The maximum absolute atomic E-state index is 12.9. The minimum atomic E-state index is -0.0538. The van der Waals surface area contributed by atoms with Gasteiger partial charge in [-0.2, -0.15) is 0 Å². The summed E-state index contributed by atoms with van der Waals surface area (Å²) in [5.41, 5.74) is 3.14. The SMILES string of the molecule is Cc1ccccc1C(=O)[C@@H](C)C(C)c1cccc2ccccc12. The lowest BCUT2D eigenvalue weighted by atomic mass is 9.81. The molecule has 0 saturated carbocycles. The third-order valence-electron chi connectivity index (χ3n) is 4.89. The molecule has 1 heteroatoms. The monoisotopic (exact) mass is 302 g/mol. The number of Topliss-reactive ketones (excluding diaryl/α,β-unsaturated/α-hetero) is 1. The van der Waals surface area contributed by atoms with Crippen LogP contribution in [0.3, 0.4) is 0 Å². The molecule has 0 saturated heterocycles. The first-order valence-electron chi connectivity index (χ1n) is 8.17. The zero-order chi connectivity index (χ0) is 16.4. The fourth-order valence-corrected chi connectivity index (χ4v) is 3.24. The molecule has 0 radical (unpaired) electrons. The number of hydrogen-bond acceptors (Lipinski definition) is 1. The quantitative estimate of drug-likeness (QED) is 0.559. The number of ketones is 1. The molecular formula is C22H22O. The van der Waals surface area contributed by atoms with Gasteiger partial charge in [0, 0.05) is 11.5 Å². The van der Waals surface area contributed by atoms with Crippen molar-refractivity contribution in [3.63, 3.8) is 0 Å². The van der Waals surface area contributed by atoms with E-state index in [-0.39, 0.29) is 17.6 Å². The van der Waals surface area contributed by atoms with Gasteiger partial charge in [-0.15, -0.1) is 0 Å². The van der Waals surface area contributed by atoms with E-state index in [1.54, 1.807) is 0 Å². The van der Waals surface area contributed by atoms with Crippen LogP contribution in [0.1, 0.15) is 41.3 Å². The minimum absolute atomic E-state index is 0.0538. The number of fused-ring (bicyclic) bond motifs is 1. The molecular weight excluding hydrogens is 280 g/mol. The first kappa shape index (κ1) is 15.5. The lowest BCUT2D eigenvalue weighted by Crippen LogP contribution is -2.19. The van der Waals surface area contributed by atoms with Gasteiger partial charge in [0.25, 0.3) is 0 Å². The highest BCUT2D eigenvalue weighted by molar-refractivity contribution is 6.00. The van der Waals surface area contributed by atoms with Crippen molar-refractivity contribution in [2.75, 3.05) is 0 Å². The van der Waals surface area contributed by atoms with Crippen molar-refractivity contribution in [1.82, 2.24) is 0 Å². The minimum Gasteiger partial charge on any atom is -0.294 e. The third kappa shape index (κ3) is 2.92. The fraction of sp³-hybridized carbons (Fsp3) is 0.227. The Bertz CT molecular complexity index is 842. The number of carbonyl (C=O) groups is 1. The number of aryl methyl sites for hydroxylation is 1. The van der Waals surface area contributed by atoms with E-state index in [4.69, 9.17) is 0 Å². The smallest absolute Gasteiger partial charge is 0.166 e. The molecule has 0 fully saturated rings. The molecule has 3 aromatic rings. The van der Waals surface area contributed by atoms with Crippen molar-refractivity contribution in [1.29, 1.82) is 0 Å². The first-order valence-corrected chi connectivity index (χ1v) is 8.17. The van der Waals surface area contributed by atoms with Crippen molar-refractivity contribution in [2.45, 2.75) is 26.7 Å². The predicted octanol–water partition coefficient (Wildman–Crippen LogP) is 5.77. The summed E-state index contributed by atoms with van der Waals surface area (Å²) >= 11 is 0. The average molecular weight is 302 g/mol. The molecule has 0 N–H and O–H groups in total. The van der Waals surface area contributed by atoms with Crippen LogP contribution in [-0.4, -0.2) is 5.78 Å². The summed E-state index contributed by atoms with van der Waals surface area (Å²) < 4.78 is 0.